The summed E-state index contributed by atoms with van der Waals surface area (Å²) in [4.78, 5) is 0. The molecular weight excluding hydrogens is 246 g/mol. The Labute approximate surface area is 110 Å². The van der Waals surface area contributed by atoms with Crippen LogP contribution in [0, 0.1) is 0 Å². The second-order valence-electron chi connectivity index (χ2n) is 4.47. The largest absolute Gasteiger partial charge is 0.388 e. The molecule has 2 N–H and O–H groups in total. The van der Waals surface area contributed by atoms with E-state index in [0.717, 1.165) is 18.5 Å². The molecule has 1 aromatic carbocycles. The van der Waals surface area contributed by atoms with Gasteiger partial charge in [-0.2, -0.15) is 0 Å². The number of fused-ring (bicyclic) bond motifs is 1. The Morgan fingerprint density at radius 3 is 3.11 bits per heavy atom. The molecule has 4 nitrogen and oxygen atoms in total. The van der Waals surface area contributed by atoms with E-state index >= 15 is 0 Å². The van der Waals surface area contributed by atoms with Crippen molar-refractivity contribution in [2.45, 2.75) is 32.0 Å². The number of benzene rings is 1. The van der Waals surface area contributed by atoms with E-state index in [1.165, 1.54) is 29.1 Å². The molecule has 0 amide bonds. The standard InChI is InChI=1S/C13H15N3OS/c14-13-11(15-16-18-13)8-17-12-7-3-5-9-4-1-2-6-10(9)12/h1-2,4,6,12H,3,5,7-8,14H2. The van der Waals surface area contributed by atoms with E-state index in [4.69, 9.17) is 10.5 Å². The lowest BCUT2D eigenvalue weighted by Crippen LogP contribution is -2.13. The molecule has 1 heterocycles. The minimum absolute atomic E-state index is 0.163. The van der Waals surface area contributed by atoms with Crippen LogP contribution in [0.15, 0.2) is 24.3 Å². The molecule has 94 valence electrons. The molecule has 5 heteroatoms. The summed E-state index contributed by atoms with van der Waals surface area (Å²) in [7, 11) is 0. The number of hydrogen-bond donors (Lipinski definition) is 1. The molecule has 1 aromatic heterocycles. The molecule has 1 atom stereocenters. The number of nitrogen functional groups attached to an aromatic ring is 1. The zero-order chi connectivity index (χ0) is 12.4. The van der Waals surface area contributed by atoms with Crippen molar-refractivity contribution < 1.29 is 4.74 Å². The molecule has 0 radical (unpaired) electrons. The van der Waals surface area contributed by atoms with Gasteiger partial charge in [0.2, 0.25) is 0 Å². The van der Waals surface area contributed by atoms with Gasteiger partial charge in [-0.25, -0.2) is 0 Å². The monoisotopic (exact) mass is 261 g/mol. The highest BCUT2D eigenvalue weighted by molar-refractivity contribution is 7.09. The lowest BCUT2D eigenvalue weighted by molar-refractivity contribution is 0.0268. The highest BCUT2D eigenvalue weighted by atomic mass is 32.1. The second-order valence-corrected chi connectivity index (χ2v) is 5.26. The van der Waals surface area contributed by atoms with Crippen LogP contribution in [0.2, 0.25) is 0 Å². The van der Waals surface area contributed by atoms with Crippen LogP contribution in [0.1, 0.15) is 35.8 Å². The van der Waals surface area contributed by atoms with Crippen LogP contribution in [-0.4, -0.2) is 9.59 Å². The van der Waals surface area contributed by atoms with Gasteiger partial charge in [-0.15, -0.1) is 5.10 Å². The summed E-state index contributed by atoms with van der Waals surface area (Å²) in [5, 5.41) is 4.63. The maximum absolute atomic E-state index is 5.96. The molecule has 0 spiro atoms. The number of ether oxygens (including phenoxy) is 1. The Morgan fingerprint density at radius 2 is 2.28 bits per heavy atom. The molecule has 0 saturated carbocycles. The van der Waals surface area contributed by atoms with Crippen LogP contribution in [0.4, 0.5) is 5.00 Å². The van der Waals surface area contributed by atoms with Crippen LogP contribution in [0.5, 0.6) is 0 Å². The second kappa shape index (κ2) is 5.04. The quantitative estimate of drug-likeness (QED) is 0.922. The molecule has 2 aromatic rings. The predicted molar refractivity (Wildman–Crippen MR) is 71.2 cm³/mol. The van der Waals surface area contributed by atoms with Gasteiger partial charge >= 0.3 is 0 Å². The summed E-state index contributed by atoms with van der Waals surface area (Å²) >= 11 is 1.21. The normalized spacial score (nSPS) is 18.6. The zero-order valence-electron chi connectivity index (χ0n) is 10.0. The van der Waals surface area contributed by atoms with Gasteiger partial charge in [-0.05, 0) is 30.4 Å². The molecule has 1 unspecified atom stereocenters. The topological polar surface area (TPSA) is 61.0 Å². The van der Waals surface area contributed by atoms with Crippen molar-refractivity contribution >= 4 is 16.5 Å². The molecule has 3 rings (SSSR count). The summed E-state index contributed by atoms with van der Waals surface area (Å²) in [6, 6.07) is 8.49. The molecule has 0 aliphatic heterocycles. The Bertz CT molecular complexity index is 541. The average molecular weight is 261 g/mol. The van der Waals surface area contributed by atoms with Crippen molar-refractivity contribution in [2.24, 2.45) is 0 Å². The first-order valence-corrected chi connectivity index (χ1v) is 6.88. The number of aromatic nitrogens is 2. The number of hydrogen-bond acceptors (Lipinski definition) is 5. The Hall–Kier alpha value is -1.46. The number of aryl methyl sites for hydroxylation is 1. The van der Waals surface area contributed by atoms with Crippen LogP contribution in [0.25, 0.3) is 0 Å². The van der Waals surface area contributed by atoms with Gasteiger partial charge in [0.25, 0.3) is 0 Å². The van der Waals surface area contributed by atoms with E-state index in [1.807, 2.05) is 0 Å². The summed E-state index contributed by atoms with van der Waals surface area (Å²) < 4.78 is 9.78. The van der Waals surface area contributed by atoms with Gasteiger partial charge in [-0.1, -0.05) is 28.8 Å². The third kappa shape index (κ3) is 2.23. The van der Waals surface area contributed by atoms with Gasteiger partial charge in [-0.3, -0.25) is 0 Å². The first-order valence-electron chi connectivity index (χ1n) is 6.10. The van der Waals surface area contributed by atoms with Crippen molar-refractivity contribution in [3.05, 3.63) is 41.1 Å². The minimum atomic E-state index is 0.163. The van der Waals surface area contributed by atoms with Gasteiger partial charge in [0.15, 0.2) is 0 Å². The third-order valence-electron chi connectivity index (χ3n) is 3.32. The maximum atomic E-state index is 5.96. The number of nitrogens with zero attached hydrogens (tertiary/aromatic N) is 2. The molecule has 0 saturated heterocycles. The van der Waals surface area contributed by atoms with Crippen LogP contribution in [0.3, 0.4) is 0 Å². The van der Waals surface area contributed by atoms with E-state index < -0.39 is 0 Å². The van der Waals surface area contributed by atoms with E-state index in [-0.39, 0.29) is 6.10 Å². The lowest BCUT2D eigenvalue weighted by Gasteiger charge is -2.25. The van der Waals surface area contributed by atoms with Crippen molar-refractivity contribution in [1.82, 2.24) is 9.59 Å². The molecule has 1 aliphatic carbocycles. The highest BCUT2D eigenvalue weighted by Gasteiger charge is 2.20. The molecule has 1 aliphatic rings. The van der Waals surface area contributed by atoms with Crippen LogP contribution >= 0.6 is 11.5 Å². The first kappa shape index (κ1) is 11.6. The Morgan fingerprint density at radius 1 is 1.39 bits per heavy atom. The Balaban J connectivity index is 1.73. The molecule has 0 bridgehead atoms. The van der Waals surface area contributed by atoms with Crippen LogP contribution in [-0.2, 0) is 17.8 Å². The third-order valence-corrected chi connectivity index (χ3v) is 3.92. The van der Waals surface area contributed by atoms with Gasteiger partial charge in [0.05, 0.1) is 12.7 Å². The van der Waals surface area contributed by atoms with Gasteiger partial charge in [0.1, 0.15) is 10.7 Å². The minimum Gasteiger partial charge on any atom is -0.388 e. The smallest absolute Gasteiger partial charge is 0.133 e. The summed E-state index contributed by atoms with van der Waals surface area (Å²) in [5.74, 6) is 0. The van der Waals surface area contributed by atoms with E-state index in [2.05, 4.69) is 33.9 Å². The Kier molecular flexibility index (Phi) is 3.25. The summed E-state index contributed by atoms with van der Waals surface area (Å²) in [5.41, 5.74) is 9.23. The zero-order valence-corrected chi connectivity index (χ0v) is 10.8. The fourth-order valence-electron chi connectivity index (χ4n) is 2.38. The van der Waals surface area contributed by atoms with E-state index in [0.29, 0.717) is 11.6 Å². The molecular formula is C13H15N3OS. The van der Waals surface area contributed by atoms with Crippen molar-refractivity contribution in [3.63, 3.8) is 0 Å². The van der Waals surface area contributed by atoms with Gasteiger partial charge < -0.3 is 10.5 Å². The van der Waals surface area contributed by atoms with Crippen molar-refractivity contribution in [3.8, 4) is 0 Å². The number of rotatable bonds is 3. The van der Waals surface area contributed by atoms with Gasteiger partial charge in [0, 0.05) is 11.5 Å². The number of anilines is 1. The summed E-state index contributed by atoms with van der Waals surface area (Å²) in [6.45, 7) is 0.446. The highest BCUT2D eigenvalue weighted by Crippen LogP contribution is 2.33. The van der Waals surface area contributed by atoms with Crippen LogP contribution < -0.4 is 5.73 Å². The maximum Gasteiger partial charge on any atom is 0.133 e. The van der Waals surface area contributed by atoms with Crippen molar-refractivity contribution in [1.29, 1.82) is 0 Å². The summed E-state index contributed by atoms with van der Waals surface area (Å²) in [6.07, 6.45) is 3.55. The van der Waals surface area contributed by atoms with E-state index in [9.17, 15) is 0 Å². The molecule has 18 heavy (non-hydrogen) atoms. The first-order chi connectivity index (χ1) is 8.84. The SMILES string of the molecule is Nc1snnc1COC1CCCc2ccccc21. The fourth-order valence-corrected chi connectivity index (χ4v) is 2.81. The fraction of sp³-hybridized carbons (Fsp3) is 0.385. The lowest BCUT2D eigenvalue weighted by atomic mass is 9.89. The predicted octanol–water partition coefficient (Wildman–Crippen LogP) is 2.71. The van der Waals surface area contributed by atoms with Crippen molar-refractivity contribution in [2.75, 3.05) is 5.73 Å². The number of nitrogens with two attached hydrogens (primary N) is 1. The average Bonchev–Trinajstić information content (AvgIpc) is 2.82. The van der Waals surface area contributed by atoms with E-state index in [1.54, 1.807) is 0 Å². The molecule has 0 fully saturated rings.